The van der Waals surface area contributed by atoms with Crippen molar-refractivity contribution in [3.8, 4) is 0 Å². The molecule has 0 atom stereocenters. The van der Waals surface area contributed by atoms with Crippen molar-refractivity contribution < 1.29 is 46.6 Å². The van der Waals surface area contributed by atoms with E-state index in [2.05, 4.69) is 87.5 Å². The molecule has 177 valence electrons. The second kappa shape index (κ2) is 11.1. The molecule has 0 aliphatic heterocycles. The molecule has 0 aromatic rings. The number of rotatable bonds is 7. The van der Waals surface area contributed by atoms with Crippen LogP contribution in [-0.4, -0.2) is 0 Å². The van der Waals surface area contributed by atoms with Gasteiger partial charge in [-0.05, 0) is 0 Å². The summed E-state index contributed by atoms with van der Waals surface area (Å²) in [6, 6.07) is 0. The third-order valence-corrected chi connectivity index (χ3v) is 17.9. The first-order valence-corrected chi connectivity index (χ1v) is 15.8. The van der Waals surface area contributed by atoms with Crippen molar-refractivity contribution in [2.45, 2.75) is 101 Å². The van der Waals surface area contributed by atoms with E-state index in [1.54, 1.807) is 36.7 Å². The molecule has 0 aromatic carbocycles. The number of hydrogen-bond donors (Lipinski definition) is 0. The predicted molar refractivity (Wildman–Crippen MR) is 130 cm³/mol. The molecule has 32 heavy (non-hydrogen) atoms. The minimum Gasteiger partial charge on any atom is -1.00 e. The molecule has 3 aliphatic rings. The van der Waals surface area contributed by atoms with Crippen molar-refractivity contribution in [1.82, 2.24) is 0 Å². The summed E-state index contributed by atoms with van der Waals surface area (Å²) in [6.07, 6.45) is 13.4. The van der Waals surface area contributed by atoms with E-state index >= 15 is 0 Å². The van der Waals surface area contributed by atoms with Crippen LogP contribution in [0, 0.1) is 10.8 Å². The number of allylic oxidation sites excluding steroid dienone is 12. The Morgan fingerprint density at radius 1 is 0.750 bits per heavy atom. The SMILES string of the molecule is CCCC1=[C]([Zr+2]([C]2=CC=CC2)[C]2=C(CCC)C(C)=C(C)C2(C)C)C(C)(C)C(C)=C1C.[Cl-].[Cl-]. The molecular weight excluding hydrogens is 510 g/mol. The fourth-order valence-electron chi connectivity index (χ4n) is 6.03. The van der Waals surface area contributed by atoms with E-state index in [-0.39, 0.29) is 35.6 Å². The van der Waals surface area contributed by atoms with Crippen LogP contribution in [-0.2, 0) is 21.8 Å². The fourth-order valence-corrected chi connectivity index (χ4v) is 16.7. The molecule has 0 bridgehead atoms. The van der Waals surface area contributed by atoms with E-state index in [1.807, 2.05) is 6.56 Å². The molecule has 0 N–H and O–H groups in total. The second-order valence-electron chi connectivity index (χ2n) is 10.7. The molecule has 0 aromatic heterocycles. The van der Waals surface area contributed by atoms with Crippen molar-refractivity contribution in [3.63, 3.8) is 0 Å². The topological polar surface area (TPSA) is 0 Å². The average Bonchev–Trinajstić information content (AvgIpc) is 3.31. The van der Waals surface area contributed by atoms with Gasteiger partial charge in [0.25, 0.3) is 0 Å². The molecule has 0 spiro atoms. The molecule has 0 unspecified atom stereocenters. The average molecular weight is 554 g/mol. The molecule has 0 amide bonds. The van der Waals surface area contributed by atoms with Crippen molar-refractivity contribution in [3.05, 3.63) is 61.5 Å². The molecule has 3 rings (SSSR count). The third-order valence-electron chi connectivity index (χ3n) is 8.35. The van der Waals surface area contributed by atoms with Gasteiger partial charge in [0, 0.05) is 0 Å². The Labute approximate surface area is 219 Å². The maximum Gasteiger partial charge on any atom is -1.00 e. The first kappa shape index (κ1) is 29.9. The Hall–Kier alpha value is -0.0969. The summed E-state index contributed by atoms with van der Waals surface area (Å²) >= 11 is -2.30. The van der Waals surface area contributed by atoms with E-state index in [0.717, 1.165) is 0 Å². The van der Waals surface area contributed by atoms with Gasteiger partial charge in [0.2, 0.25) is 0 Å². The van der Waals surface area contributed by atoms with Crippen LogP contribution < -0.4 is 24.8 Å². The van der Waals surface area contributed by atoms with Gasteiger partial charge in [-0.2, -0.15) is 0 Å². The van der Waals surface area contributed by atoms with Crippen LogP contribution in [0.2, 0.25) is 0 Å². The van der Waals surface area contributed by atoms with E-state index < -0.39 is 21.8 Å². The summed E-state index contributed by atoms with van der Waals surface area (Å²) in [6.45, 7) is 24.5. The standard InChI is InChI=1S/2C12H19.C5H5.2ClH.Zr/c2*1-6-7-11-8-12(4,5)10(3)9(11)2;1-2-4-5-3-1;;;/h2*6-7H2,1-5H3;1-3H,4H2;2*1H;/q;;;;;+2/p-2. The zero-order chi connectivity index (χ0) is 22.4. The summed E-state index contributed by atoms with van der Waals surface area (Å²) in [7, 11) is 0. The van der Waals surface area contributed by atoms with Crippen molar-refractivity contribution in [2.24, 2.45) is 10.8 Å². The van der Waals surface area contributed by atoms with Gasteiger partial charge in [-0.15, -0.1) is 0 Å². The maximum atomic E-state index is 2.53. The number of halogens is 2. The Balaban J connectivity index is 0.00000256. The second-order valence-corrected chi connectivity index (χ2v) is 16.5. The Kier molecular flexibility index (Phi) is 10.4. The maximum absolute atomic E-state index is 2.53. The normalized spacial score (nSPS) is 21.4. The molecule has 0 saturated heterocycles. The van der Waals surface area contributed by atoms with Crippen LogP contribution in [0.3, 0.4) is 0 Å². The van der Waals surface area contributed by atoms with Crippen molar-refractivity contribution in [1.29, 1.82) is 0 Å². The van der Waals surface area contributed by atoms with Crippen LogP contribution in [0.4, 0.5) is 0 Å². The molecule has 0 saturated carbocycles. The van der Waals surface area contributed by atoms with Gasteiger partial charge >= 0.3 is 195 Å². The summed E-state index contributed by atoms with van der Waals surface area (Å²) in [5, 5.41) is 0. The van der Waals surface area contributed by atoms with Gasteiger partial charge in [0.05, 0.1) is 0 Å². The van der Waals surface area contributed by atoms with Crippen LogP contribution in [0.25, 0.3) is 0 Å². The molecular formula is C29H43Cl2Zr. The van der Waals surface area contributed by atoms with Gasteiger partial charge in [-0.3, -0.25) is 0 Å². The van der Waals surface area contributed by atoms with Gasteiger partial charge in [0.15, 0.2) is 0 Å². The Bertz CT molecular complexity index is 870. The zero-order valence-corrected chi connectivity index (χ0v) is 26.0. The van der Waals surface area contributed by atoms with Gasteiger partial charge in [-0.1, -0.05) is 0 Å². The van der Waals surface area contributed by atoms with Gasteiger partial charge < -0.3 is 24.8 Å². The minimum absolute atomic E-state index is 0. The largest absolute Gasteiger partial charge is 1.00 e. The van der Waals surface area contributed by atoms with Crippen LogP contribution in [0.1, 0.15) is 101 Å². The first-order chi connectivity index (χ1) is 14.0. The first-order valence-electron chi connectivity index (χ1n) is 12.1. The van der Waals surface area contributed by atoms with Crippen molar-refractivity contribution in [2.75, 3.05) is 0 Å². The van der Waals surface area contributed by atoms with E-state index in [1.165, 1.54) is 32.1 Å². The monoisotopic (exact) mass is 551 g/mol. The summed E-state index contributed by atoms with van der Waals surface area (Å²) in [5.74, 6) is 0. The fraction of sp³-hybridized carbons (Fsp3) is 0.586. The minimum atomic E-state index is -2.30. The summed E-state index contributed by atoms with van der Waals surface area (Å²) < 4.78 is 5.60. The van der Waals surface area contributed by atoms with Crippen LogP contribution in [0.5, 0.6) is 0 Å². The zero-order valence-electron chi connectivity index (χ0n) is 22.0. The molecule has 3 heteroatoms. The Morgan fingerprint density at radius 3 is 1.47 bits per heavy atom. The Morgan fingerprint density at radius 2 is 1.16 bits per heavy atom. The molecule has 0 fully saturated rings. The van der Waals surface area contributed by atoms with E-state index in [4.69, 9.17) is 0 Å². The summed E-state index contributed by atoms with van der Waals surface area (Å²) in [5.41, 5.74) is 10.4. The van der Waals surface area contributed by atoms with Crippen molar-refractivity contribution >= 4 is 0 Å². The molecule has 0 radical (unpaired) electrons. The van der Waals surface area contributed by atoms with Gasteiger partial charge in [0.1, 0.15) is 0 Å². The summed E-state index contributed by atoms with van der Waals surface area (Å²) in [4.78, 5) is 0. The van der Waals surface area contributed by atoms with Crippen LogP contribution in [0.15, 0.2) is 61.5 Å². The molecule has 0 nitrogen and oxygen atoms in total. The number of hydrogen-bond acceptors (Lipinski definition) is 0. The molecule has 3 aliphatic carbocycles. The molecule has 0 heterocycles. The van der Waals surface area contributed by atoms with E-state index in [0.29, 0.717) is 0 Å². The van der Waals surface area contributed by atoms with E-state index in [9.17, 15) is 0 Å². The third kappa shape index (κ3) is 4.70. The van der Waals surface area contributed by atoms with Gasteiger partial charge in [-0.25, -0.2) is 0 Å². The smallest absolute Gasteiger partial charge is 1.00 e. The quantitative estimate of drug-likeness (QED) is 0.454. The predicted octanol–water partition coefficient (Wildman–Crippen LogP) is 3.32. The van der Waals surface area contributed by atoms with Crippen LogP contribution >= 0.6 is 0 Å².